The van der Waals surface area contributed by atoms with E-state index in [1.807, 2.05) is 57.1 Å². The van der Waals surface area contributed by atoms with Crippen molar-refractivity contribution in [3.8, 4) is 11.4 Å². The Bertz CT molecular complexity index is 1400. The van der Waals surface area contributed by atoms with Gasteiger partial charge in [0.05, 0.1) is 36.6 Å². The molecule has 3 heterocycles. The summed E-state index contributed by atoms with van der Waals surface area (Å²) in [6.45, 7) is 11.0. The van der Waals surface area contributed by atoms with Gasteiger partial charge in [0.2, 0.25) is 11.8 Å². The van der Waals surface area contributed by atoms with E-state index in [1.54, 1.807) is 7.11 Å². The van der Waals surface area contributed by atoms with Crippen LogP contribution in [-0.2, 0) is 16.1 Å². The predicted molar refractivity (Wildman–Crippen MR) is 165 cm³/mol. The predicted octanol–water partition coefficient (Wildman–Crippen LogP) is 5.16. The highest BCUT2D eigenvalue weighted by atomic mass is 79.9. The second-order valence-corrected chi connectivity index (χ2v) is 12.6. The molecule has 224 valence electrons. The lowest BCUT2D eigenvalue weighted by Gasteiger charge is -2.45. The summed E-state index contributed by atoms with van der Waals surface area (Å²) in [6.07, 6.45) is 4.14. The number of carbonyl (C=O) groups excluding carboxylic acids is 2. The number of ether oxygens (including phenoxy) is 1. The Hall–Kier alpha value is -3.24. The lowest BCUT2D eigenvalue weighted by Crippen LogP contribution is -2.58. The van der Waals surface area contributed by atoms with E-state index in [2.05, 4.69) is 64.9 Å². The number of nitrogens with zero attached hydrogens (tertiary/aromatic N) is 6. The number of hydrogen-bond acceptors (Lipinski definition) is 6. The third-order valence-electron chi connectivity index (χ3n) is 8.66. The molecule has 0 spiro atoms. The van der Waals surface area contributed by atoms with Crippen LogP contribution in [0.5, 0.6) is 5.75 Å². The third-order valence-corrected chi connectivity index (χ3v) is 9.16. The number of carbonyl (C=O) groups is 2. The van der Waals surface area contributed by atoms with Crippen LogP contribution in [0.1, 0.15) is 62.9 Å². The Balaban J connectivity index is 1.30. The smallest absolute Gasteiger partial charge is 0.228 e. The van der Waals surface area contributed by atoms with Crippen LogP contribution in [0.15, 0.2) is 53.1 Å². The number of aromatic nitrogens is 3. The monoisotopic (exact) mass is 636 g/mol. The first kappa shape index (κ1) is 30.2. The van der Waals surface area contributed by atoms with Crippen LogP contribution in [0.25, 0.3) is 5.69 Å². The highest BCUT2D eigenvalue weighted by molar-refractivity contribution is 9.10. The molecule has 42 heavy (non-hydrogen) atoms. The maximum Gasteiger partial charge on any atom is 0.228 e. The van der Waals surface area contributed by atoms with E-state index in [9.17, 15) is 9.59 Å². The largest absolute Gasteiger partial charge is 0.497 e. The molecule has 5 rings (SSSR count). The standard InChI is InChI=1S/C32H41BrN6O3/c1-6-7-14-37-30(40)16-28(31(37)24-8-11-27(42-5)12-9-24)32(41)36-17-22(3)38(23(4)18-36)19-26-20-39(35-34-26)29-13-10-25(33)15-21(29)2/h8-13,15,20,22-23,28,31H,6-7,14,16-19H2,1-5H3/t22-,23+,28?,31?. The number of aryl methyl sites for hydroxylation is 1. The molecule has 2 amide bonds. The van der Waals surface area contributed by atoms with E-state index in [1.165, 1.54) is 0 Å². The van der Waals surface area contributed by atoms with Crippen LogP contribution in [0.2, 0.25) is 0 Å². The zero-order chi connectivity index (χ0) is 30.0. The molecule has 0 radical (unpaired) electrons. The second-order valence-electron chi connectivity index (χ2n) is 11.7. The molecule has 2 unspecified atom stereocenters. The fraction of sp³-hybridized carbons (Fsp3) is 0.500. The van der Waals surface area contributed by atoms with Gasteiger partial charge in [-0.05, 0) is 68.7 Å². The van der Waals surface area contributed by atoms with Crippen LogP contribution in [0.4, 0.5) is 0 Å². The molecule has 4 atom stereocenters. The van der Waals surface area contributed by atoms with Crippen molar-refractivity contribution in [1.29, 1.82) is 0 Å². The molecule has 10 heteroatoms. The van der Waals surface area contributed by atoms with Crippen molar-refractivity contribution in [3.63, 3.8) is 0 Å². The second kappa shape index (κ2) is 13.0. The zero-order valence-electron chi connectivity index (χ0n) is 25.2. The zero-order valence-corrected chi connectivity index (χ0v) is 26.7. The average Bonchev–Trinajstić information content (AvgIpc) is 3.57. The van der Waals surface area contributed by atoms with Gasteiger partial charge in [-0.1, -0.05) is 46.6 Å². The molecule has 0 bridgehead atoms. The van der Waals surface area contributed by atoms with Gasteiger partial charge in [-0.3, -0.25) is 14.5 Å². The molecule has 0 N–H and O–H groups in total. The lowest BCUT2D eigenvalue weighted by molar-refractivity contribution is -0.141. The number of benzene rings is 2. The van der Waals surface area contributed by atoms with Gasteiger partial charge in [-0.15, -0.1) is 5.10 Å². The number of rotatable bonds is 9. The molecule has 2 aliphatic heterocycles. The van der Waals surface area contributed by atoms with E-state index in [0.29, 0.717) is 26.2 Å². The minimum atomic E-state index is -0.400. The fourth-order valence-electron chi connectivity index (χ4n) is 6.45. The van der Waals surface area contributed by atoms with Crippen molar-refractivity contribution in [3.05, 3.63) is 70.0 Å². The van der Waals surface area contributed by atoms with E-state index >= 15 is 0 Å². The minimum absolute atomic E-state index is 0.0615. The third kappa shape index (κ3) is 6.24. The first-order valence-corrected chi connectivity index (χ1v) is 15.6. The Labute approximate surface area is 256 Å². The molecule has 2 saturated heterocycles. The molecular weight excluding hydrogens is 596 g/mol. The highest BCUT2D eigenvalue weighted by Gasteiger charge is 2.46. The van der Waals surface area contributed by atoms with Crippen molar-refractivity contribution in [1.82, 2.24) is 29.7 Å². The first-order valence-electron chi connectivity index (χ1n) is 14.9. The van der Waals surface area contributed by atoms with Crippen LogP contribution in [-0.4, -0.2) is 80.3 Å². The Morgan fingerprint density at radius 3 is 2.45 bits per heavy atom. The molecule has 0 saturated carbocycles. The lowest BCUT2D eigenvalue weighted by atomic mass is 9.91. The van der Waals surface area contributed by atoms with E-state index < -0.39 is 5.92 Å². The average molecular weight is 638 g/mol. The van der Waals surface area contributed by atoms with Crippen molar-refractivity contribution in [2.24, 2.45) is 5.92 Å². The molecule has 2 aliphatic rings. The van der Waals surface area contributed by atoms with E-state index in [4.69, 9.17) is 4.74 Å². The molecule has 2 aromatic carbocycles. The van der Waals surface area contributed by atoms with E-state index in [-0.39, 0.29) is 36.4 Å². The van der Waals surface area contributed by atoms with Crippen molar-refractivity contribution in [2.45, 2.75) is 71.6 Å². The SMILES string of the molecule is CCCCN1C(=O)CC(C(=O)N2C[C@@H](C)N(Cc3cn(-c4ccc(Br)cc4C)nn3)[C@@H](C)C2)C1c1ccc(OC)cc1. The van der Waals surface area contributed by atoms with Gasteiger partial charge in [-0.2, -0.15) is 0 Å². The summed E-state index contributed by atoms with van der Waals surface area (Å²) in [5.74, 6) is 0.490. The molecule has 0 aliphatic carbocycles. The van der Waals surface area contributed by atoms with Crippen LogP contribution in [0.3, 0.4) is 0 Å². The summed E-state index contributed by atoms with van der Waals surface area (Å²) in [4.78, 5) is 33.6. The summed E-state index contributed by atoms with van der Waals surface area (Å²) in [5, 5.41) is 8.85. The maximum atomic E-state index is 14.1. The first-order chi connectivity index (χ1) is 20.2. The van der Waals surface area contributed by atoms with Crippen LogP contribution >= 0.6 is 15.9 Å². The number of piperazine rings is 1. The van der Waals surface area contributed by atoms with Crippen molar-refractivity contribution in [2.75, 3.05) is 26.7 Å². The van der Waals surface area contributed by atoms with Gasteiger partial charge in [-0.25, -0.2) is 4.68 Å². The van der Waals surface area contributed by atoms with E-state index in [0.717, 1.165) is 45.6 Å². The van der Waals surface area contributed by atoms with Gasteiger partial charge in [0, 0.05) is 49.2 Å². The summed E-state index contributed by atoms with van der Waals surface area (Å²) in [6, 6.07) is 13.9. The van der Waals surface area contributed by atoms with Crippen LogP contribution < -0.4 is 4.74 Å². The summed E-state index contributed by atoms with van der Waals surface area (Å²) < 4.78 is 8.21. The van der Waals surface area contributed by atoms with Crippen LogP contribution in [0, 0.1) is 12.8 Å². The highest BCUT2D eigenvalue weighted by Crippen LogP contribution is 2.40. The Morgan fingerprint density at radius 1 is 1.10 bits per heavy atom. The molecule has 2 fully saturated rings. The quantitative estimate of drug-likeness (QED) is 0.323. The van der Waals surface area contributed by atoms with Gasteiger partial charge in [0.1, 0.15) is 5.75 Å². The molecule has 9 nitrogen and oxygen atoms in total. The number of likely N-dealkylation sites (tertiary alicyclic amines) is 1. The minimum Gasteiger partial charge on any atom is -0.497 e. The fourth-order valence-corrected chi connectivity index (χ4v) is 6.93. The maximum absolute atomic E-state index is 14.1. The van der Waals surface area contributed by atoms with Crippen molar-refractivity contribution >= 4 is 27.7 Å². The topological polar surface area (TPSA) is 83.8 Å². The number of halogens is 1. The number of hydrogen-bond donors (Lipinski definition) is 0. The number of methoxy groups -OCH3 is 1. The summed E-state index contributed by atoms with van der Waals surface area (Å²) in [5.41, 5.74) is 3.99. The van der Waals surface area contributed by atoms with Gasteiger partial charge < -0.3 is 14.5 Å². The molecular formula is C32H41BrN6O3. The van der Waals surface area contributed by atoms with Gasteiger partial charge in [0.15, 0.2) is 0 Å². The van der Waals surface area contributed by atoms with Gasteiger partial charge >= 0.3 is 0 Å². The Kier molecular flexibility index (Phi) is 9.32. The number of amides is 2. The van der Waals surface area contributed by atoms with Gasteiger partial charge in [0.25, 0.3) is 0 Å². The summed E-state index contributed by atoms with van der Waals surface area (Å²) >= 11 is 3.52. The number of unbranched alkanes of at least 4 members (excludes halogenated alkanes) is 1. The molecule has 3 aromatic rings. The summed E-state index contributed by atoms with van der Waals surface area (Å²) in [7, 11) is 1.64. The molecule has 1 aromatic heterocycles. The Morgan fingerprint density at radius 2 is 1.81 bits per heavy atom. The normalized spacial score (nSPS) is 23.0. The van der Waals surface area contributed by atoms with Crippen molar-refractivity contribution < 1.29 is 14.3 Å².